The molecule has 7 heteroatoms. The van der Waals surface area contributed by atoms with Crippen LogP contribution in [-0.2, 0) is 9.84 Å². The Balaban J connectivity index is 2.41. The van der Waals surface area contributed by atoms with Crippen molar-refractivity contribution >= 4 is 9.84 Å². The highest BCUT2D eigenvalue weighted by atomic mass is 32.2. The first-order chi connectivity index (χ1) is 8.91. The molecule has 0 aliphatic carbocycles. The van der Waals surface area contributed by atoms with Crippen LogP contribution in [0.2, 0.25) is 0 Å². The van der Waals surface area contributed by atoms with Gasteiger partial charge in [0.2, 0.25) is 0 Å². The Morgan fingerprint density at radius 1 is 1.26 bits per heavy atom. The summed E-state index contributed by atoms with van der Waals surface area (Å²) in [6.45, 7) is 1.59. The van der Waals surface area contributed by atoms with Crippen molar-refractivity contribution in [3.05, 3.63) is 42.2 Å². The summed E-state index contributed by atoms with van der Waals surface area (Å²) in [5.74, 6) is 0. The van der Waals surface area contributed by atoms with Gasteiger partial charge in [0.05, 0.1) is 28.9 Å². The number of nitrogens with zero attached hydrogens (tertiary/aromatic N) is 3. The maximum atomic E-state index is 11.6. The predicted molar refractivity (Wildman–Crippen MR) is 72.6 cm³/mol. The topological polar surface area (TPSA) is 90.9 Å². The van der Waals surface area contributed by atoms with E-state index in [1.165, 1.54) is 12.5 Å². The van der Waals surface area contributed by atoms with E-state index in [-0.39, 0.29) is 0 Å². The van der Waals surface area contributed by atoms with Crippen LogP contribution in [0.5, 0.6) is 0 Å². The minimum absolute atomic E-state index is 0.573. The minimum atomic E-state index is -3.22. The molecule has 2 N–H and O–H groups in total. The number of rotatable bonds is 4. The van der Waals surface area contributed by atoms with Crippen molar-refractivity contribution in [3.8, 4) is 5.69 Å². The fourth-order valence-electron chi connectivity index (χ4n) is 1.75. The molecule has 0 radical (unpaired) electrons. The van der Waals surface area contributed by atoms with Crippen LogP contribution in [0.3, 0.4) is 0 Å². The lowest BCUT2D eigenvalue weighted by molar-refractivity contribution is 0.561. The van der Waals surface area contributed by atoms with Gasteiger partial charge in [-0.15, -0.1) is 5.10 Å². The summed E-state index contributed by atoms with van der Waals surface area (Å²) in [7, 11) is -3.22. The molecule has 2 aromatic rings. The van der Waals surface area contributed by atoms with Crippen molar-refractivity contribution in [1.82, 2.24) is 15.0 Å². The second-order valence-corrected chi connectivity index (χ2v) is 6.87. The fourth-order valence-corrected chi connectivity index (χ4v) is 2.42. The minimum Gasteiger partial charge on any atom is -0.322 e. The third-order valence-electron chi connectivity index (χ3n) is 3.10. The van der Waals surface area contributed by atoms with Crippen molar-refractivity contribution in [3.63, 3.8) is 0 Å². The van der Waals surface area contributed by atoms with E-state index < -0.39 is 21.1 Å². The van der Waals surface area contributed by atoms with E-state index in [9.17, 15) is 8.42 Å². The highest BCUT2D eigenvalue weighted by molar-refractivity contribution is 7.91. The maximum Gasteiger partial charge on any atom is 0.151 e. The van der Waals surface area contributed by atoms with Gasteiger partial charge in [0.1, 0.15) is 0 Å². The Morgan fingerprint density at radius 2 is 1.89 bits per heavy atom. The van der Waals surface area contributed by atoms with Crippen molar-refractivity contribution in [2.24, 2.45) is 5.73 Å². The monoisotopic (exact) mass is 280 g/mol. The van der Waals surface area contributed by atoms with Crippen LogP contribution in [0.1, 0.15) is 18.7 Å². The highest BCUT2D eigenvalue weighted by Crippen LogP contribution is 2.20. The van der Waals surface area contributed by atoms with E-state index in [4.69, 9.17) is 5.73 Å². The summed E-state index contributed by atoms with van der Waals surface area (Å²) in [6, 6.07) is 8.66. The Morgan fingerprint density at radius 3 is 2.47 bits per heavy atom. The van der Waals surface area contributed by atoms with Crippen LogP contribution in [0, 0.1) is 0 Å². The van der Waals surface area contributed by atoms with Gasteiger partial charge in [0.15, 0.2) is 9.84 Å². The molecule has 1 aromatic heterocycles. The number of para-hydroxylation sites is 1. The molecule has 0 aliphatic rings. The van der Waals surface area contributed by atoms with Gasteiger partial charge in [-0.3, -0.25) is 0 Å². The van der Waals surface area contributed by atoms with E-state index in [0.717, 1.165) is 5.69 Å². The van der Waals surface area contributed by atoms with Crippen molar-refractivity contribution in [2.75, 3.05) is 6.26 Å². The lowest BCUT2D eigenvalue weighted by Crippen LogP contribution is -2.32. The van der Waals surface area contributed by atoms with E-state index in [1.807, 2.05) is 30.3 Å². The highest BCUT2D eigenvalue weighted by Gasteiger charge is 2.27. The Labute approximate surface area is 112 Å². The molecule has 2 atom stereocenters. The summed E-state index contributed by atoms with van der Waals surface area (Å²) in [5.41, 5.74) is 7.40. The normalized spacial score (nSPS) is 15.1. The molecule has 19 heavy (non-hydrogen) atoms. The maximum absolute atomic E-state index is 11.6. The van der Waals surface area contributed by atoms with Crippen molar-refractivity contribution in [2.45, 2.75) is 18.2 Å². The molecule has 2 rings (SSSR count). The number of hydrogen-bond acceptors (Lipinski definition) is 5. The first kappa shape index (κ1) is 13.7. The summed E-state index contributed by atoms with van der Waals surface area (Å²) in [4.78, 5) is 0. The van der Waals surface area contributed by atoms with Crippen molar-refractivity contribution in [1.29, 1.82) is 0 Å². The largest absolute Gasteiger partial charge is 0.322 e. The molecular formula is C12H16N4O2S. The number of nitrogens with two attached hydrogens (primary N) is 1. The van der Waals surface area contributed by atoms with Crippen LogP contribution in [0.4, 0.5) is 0 Å². The van der Waals surface area contributed by atoms with Crippen LogP contribution in [0.15, 0.2) is 36.5 Å². The number of aromatic nitrogens is 3. The standard InChI is InChI=1S/C12H16N4O2S/c1-9(19(2,17)18)12(13)11-8-14-15-16(11)10-6-4-3-5-7-10/h3-9,12H,13H2,1-2H3. The summed E-state index contributed by atoms with van der Waals surface area (Å²) in [6.07, 6.45) is 2.67. The third-order valence-corrected chi connectivity index (χ3v) is 4.74. The van der Waals surface area contributed by atoms with Crippen LogP contribution >= 0.6 is 0 Å². The zero-order valence-electron chi connectivity index (χ0n) is 10.8. The van der Waals surface area contributed by atoms with Gasteiger partial charge in [-0.2, -0.15) is 0 Å². The molecule has 1 heterocycles. The molecule has 0 fully saturated rings. The summed E-state index contributed by atoms with van der Waals surface area (Å²) >= 11 is 0. The molecule has 0 spiro atoms. The summed E-state index contributed by atoms with van der Waals surface area (Å²) in [5, 5.41) is 7.09. The molecule has 0 aliphatic heterocycles. The van der Waals surface area contributed by atoms with Crippen LogP contribution in [-0.4, -0.2) is 34.9 Å². The van der Waals surface area contributed by atoms with Gasteiger partial charge in [0, 0.05) is 6.26 Å². The molecule has 2 unspecified atom stereocenters. The second kappa shape index (κ2) is 5.10. The number of benzene rings is 1. The van der Waals surface area contributed by atoms with Crippen molar-refractivity contribution < 1.29 is 8.42 Å². The average Bonchev–Trinajstić information content (AvgIpc) is 2.86. The van der Waals surface area contributed by atoms with Gasteiger partial charge in [-0.25, -0.2) is 13.1 Å². The molecule has 0 saturated carbocycles. The Kier molecular flexibility index (Phi) is 3.68. The molecular weight excluding hydrogens is 264 g/mol. The lowest BCUT2D eigenvalue weighted by Gasteiger charge is -2.18. The SMILES string of the molecule is CC(C(N)c1cnnn1-c1ccccc1)S(C)(=O)=O. The van der Waals surface area contributed by atoms with Gasteiger partial charge in [-0.05, 0) is 19.1 Å². The molecule has 0 saturated heterocycles. The van der Waals surface area contributed by atoms with E-state index in [2.05, 4.69) is 10.3 Å². The average molecular weight is 280 g/mol. The predicted octanol–water partition coefficient (Wildman–Crippen LogP) is 0.700. The zero-order chi connectivity index (χ0) is 14.0. The molecule has 1 aromatic carbocycles. The van der Waals surface area contributed by atoms with Gasteiger partial charge >= 0.3 is 0 Å². The molecule has 102 valence electrons. The molecule has 0 amide bonds. The van der Waals surface area contributed by atoms with E-state index in [1.54, 1.807) is 11.6 Å². The fraction of sp³-hybridized carbons (Fsp3) is 0.333. The first-order valence-corrected chi connectivity index (χ1v) is 7.77. The number of sulfone groups is 1. The molecule has 6 nitrogen and oxygen atoms in total. The van der Waals surface area contributed by atoms with E-state index in [0.29, 0.717) is 5.69 Å². The van der Waals surface area contributed by atoms with Crippen LogP contribution in [0.25, 0.3) is 5.69 Å². The third kappa shape index (κ3) is 2.82. The molecule has 0 bridgehead atoms. The summed E-state index contributed by atoms with van der Waals surface area (Å²) < 4.78 is 24.7. The Hall–Kier alpha value is -1.73. The Bertz CT molecular complexity index is 651. The van der Waals surface area contributed by atoms with Crippen LogP contribution < -0.4 is 5.73 Å². The second-order valence-electron chi connectivity index (χ2n) is 4.47. The van der Waals surface area contributed by atoms with Gasteiger partial charge in [-0.1, -0.05) is 23.4 Å². The van der Waals surface area contributed by atoms with Gasteiger partial charge in [0.25, 0.3) is 0 Å². The quantitative estimate of drug-likeness (QED) is 0.890. The van der Waals surface area contributed by atoms with Gasteiger partial charge < -0.3 is 5.73 Å². The number of hydrogen-bond donors (Lipinski definition) is 1. The van der Waals surface area contributed by atoms with E-state index >= 15 is 0 Å². The first-order valence-electron chi connectivity index (χ1n) is 5.81. The zero-order valence-corrected chi connectivity index (χ0v) is 11.6. The smallest absolute Gasteiger partial charge is 0.151 e. The lowest BCUT2D eigenvalue weighted by atomic mass is 10.1.